The Hall–Kier alpha value is -2.38. The van der Waals surface area contributed by atoms with Crippen molar-refractivity contribution in [3.63, 3.8) is 0 Å². The van der Waals surface area contributed by atoms with Crippen molar-refractivity contribution >= 4 is 29.1 Å². The van der Waals surface area contributed by atoms with Crippen molar-refractivity contribution in [3.8, 4) is 5.75 Å². The van der Waals surface area contributed by atoms with E-state index in [1.807, 2.05) is 6.92 Å². The van der Waals surface area contributed by atoms with Crippen LogP contribution in [-0.2, 0) is 6.61 Å². The molecule has 134 valence electrons. The number of ether oxygens (including phenoxy) is 1. The fraction of sp³-hybridized carbons (Fsp3) is 0.167. The van der Waals surface area contributed by atoms with Crippen molar-refractivity contribution in [2.45, 2.75) is 18.8 Å². The van der Waals surface area contributed by atoms with Crippen molar-refractivity contribution < 1.29 is 18.3 Å². The first-order valence-electron chi connectivity index (χ1n) is 7.65. The minimum absolute atomic E-state index is 0.000196. The molecule has 0 saturated carbocycles. The maximum atomic E-state index is 13.6. The summed E-state index contributed by atoms with van der Waals surface area (Å²) >= 11 is 7.01. The van der Waals surface area contributed by atoms with Gasteiger partial charge in [-0.25, -0.2) is 4.39 Å². The molecule has 0 atom stereocenters. The van der Waals surface area contributed by atoms with E-state index in [1.54, 1.807) is 24.3 Å². The van der Waals surface area contributed by atoms with Gasteiger partial charge in [0.05, 0.1) is 11.3 Å². The van der Waals surface area contributed by atoms with E-state index < -0.39 is 5.82 Å². The number of halogens is 2. The third-order valence-electron chi connectivity index (χ3n) is 3.44. The monoisotopic (exact) mass is 392 g/mol. The normalized spacial score (nSPS) is 10.7. The second-order valence-corrected chi connectivity index (χ2v) is 6.69. The second kappa shape index (κ2) is 8.33. The van der Waals surface area contributed by atoms with Gasteiger partial charge in [-0.2, -0.15) is 0 Å². The number of carbonyl (C=O) groups is 1. The van der Waals surface area contributed by atoms with Crippen LogP contribution in [0.5, 0.6) is 5.75 Å². The van der Waals surface area contributed by atoms with Crippen LogP contribution in [0.1, 0.15) is 21.8 Å². The number of hydrogen-bond donors (Lipinski definition) is 0. The Kier molecular flexibility index (Phi) is 5.90. The van der Waals surface area contributed by atoms with Crippen LogP contribution in [0.3, 0.4) is 0 Å². The van der Waals surface area contributed by atoms with Crippen LogP contribution in [0, 0.1) is 12.7 Å². The van der Waals surface area contributed by atoms with Gasteiger partial charge in [-0.15, -0.1) is 10.2 Å². The Bertz CT molecular complexity index is 932. The summed E-state index contributed by atoms with van der Waals surface area (Å²) in [6.07, 6.45) is 0. The number of thioether (sulfide) groups is 1. The van der Waals surface area contributed by atoms with Crippen LogP contribution in [0.2, 0.25) is 5.02 Å². The summed E-state index contributed by atoms with van der Waals surface area (Å²) in [5.74, 6) is 0.0176. The van der Waals surface area contributed by atoms with Gasteiger partial charge in [0.2, 0.25) is 0 Å². The number of Topliss-reactive ketones (excluding diaryl/α,β-unsaturated/α-hetero) is 1. The molecule has 8 heteroatoms. The molecule has 0 saturated heterocycles. The molecule has 1 aromatic heterocycles. The molecule has 3 aromatic rings. The highest BCUT2D eigenvalue weighted by Gasteiger charge is 2.14. The summed E-state index contributed by atoms with van der Waals surface area (Å²) in [4.78, 5) is 12.0. The van der Waals surface area contributed by atoms with Crippen LogP contribution < -0.4 is 4.74 Å². The Balaban J connectivity index is 1.54. The molecule has 0 N–H and O–H groups in total. The maximum absolute atomic E-state index is 13.6. The van der Waals surface area contributed by atoms with E-state index in [2.05, 4.69) is 10.2 Å². The van der Waals surface area contributed by atoms with E-state index in [0.29, 0.717) is 10.8 Å². The first kappa shape index (κ1) is 18.4. The van der Waals surface area contributed by atoms with Gasteiger partial charge in [0.15, 0.2) is 12.4 Å². The molecule has 2 aromatic carbocycles. The Labute approximate surface area is 158 Å². The van der Waals surface area contributed by atoms with Crippen LogP contribution >= 0.6 is 23.4 Å². The van der Waals surface area contributed by atoms with Gasteiger partial charge in [0.25, 0.3) is 11.1 Å². The van der Waals surface area contributed by atoms with Crippen molar-refractivity contribution in [1.82, 2.24) is 10.2 Å². The van der Waals surface area contributed by atoms with Crippen LogP contribution in [0.15, 0.2) is 52.1 Å². The van der Waals surface area contributed by atoms with E-state index >= 15 is 0 Å². The lowest BCUT2D eigenvalue weighted by atomic mass is 10.1. The smallest absolute Gasteiger partial charge is 0.277 e. The lowest BCUT2D eigenvalue weighted by Gasteiger charge is -2.05. The largest absolute Gasteiger partial charge is 0.484 e. The molecular formula is C18H14ClFN2O3S. The SMILES string of the molecule is Cc1cc(OCc2nnc(SCC(=O)c3ccccc3F)o2)ccc1Cl. The third kappa shape index (κ3) is 4.62. The third-order valence-corrected chi connectivity index (χ3v) is 4.68. The molecule has 0 spiro atoms. The average molecular weight is 393 g/mol. The molecule has 0 bridgehead atoms. The first-order chi connectivity index (χ1) is 12.5. The number of nitrogens with zero attached hydrogens (tertiary/aromatic N) is 2. The van der Waals surface area contributed by atoms with Crippen molar-refractivity contribution in [1.29, 1.82) is 0 Å². The van der Waals surface area contributed by atoms with Crippen LogP contribution in [0.25, 0.3) is 0 Å². The Morgan fingerprint density at radius 1 is 1.27 bits per heavy atom. The molecule has 0 fully saturated rings. The molecule has 0 unspecified atom stereocenters. The van der Waals surface area contributed by atoms with Gasteiger partial charge < -0.3 is 9.15 Å². The second-order valence-electron chi connectivity index (χ2n) is 5.35. The summed E-state index contributed by atoms with van der Waals surface area (Å²) in [5.41, 5.74) is 0.943. The molecule has 0 aliphatic carbocycles. The maximum Gasteiger partial charge on any atom is 0.277 e. The Morgan fingerprint density at radius 2 is 2.08 bits per heavy atom. The summed E-state index contributed by atoms with van der Waals surface area (Å²) in [7, 11) is 0. The van der Waals surface area contributed by atoms with Gasteiger partial charge in [0, 0.05) is 5.02 Å². The summed E-state index contributed by atoms with van der Waals surface area (Å²) in [5, 5.41) is 8.60. The highest BCUT2D eigenvalue weighted by atomic mass is 35.5. The number of rotatable bonds is 7. The summed E-state index contributed by atoms with van der Waals surface area (Å²) in [6, 6.07) is 11.1. The fourth-order valence-electron chi connectivity index (χ4n) is 2.10. The van der Waals surface area contributed by atoms with E-state index in [4.69, 9.17) is 20.8 Å². The van der Waals surface area contributed by atoms with E-state index in [0.717, 1.165) is 17.3 Å². The van der Waals surface area contributed by atoms with Gasteiger partial charge in [0.1, 0.15) is 11.6 Å². The van der Waals surface area contributed by atoms with Crippen molar-refractivity contribution in [2.24, 2.45) is 0 Å². The standard InChI is InChI=1S/C18H14ClFN2O3S/c1-11-8-12(6-7-14(11)19)24-9-17-21-22-18(25-17)26-10-16(23)13-4-2-3-5-15(13)20/h2-8H,9-10H2,1H3. The predicted molar refractivity (Wildman–Crippen MR) is 96.3 cm³/mol. The zero-order valence-corrected chi connectivity index (χ0v) is 15.3. The Morgan fingerprint density at radius 3 is 2.85 bits per heavy atom. The average Bonchev–Trinajstić information content (AvgIpc) is 3.09. The molecule has 0 radical (unpaired) electrons. The number of benzene rings is 2. The first-order valence-corrected chi connectivity index (χ1v) is 9.01. The van der Waals surface area contributed by atoms with Crippen molar-refractivity contribution in [2.75, 3.05) is 5.75 Å². The van der Waals surface area contributed by atoms with Gasteiger partial charge in [-0.1, -0.05) is 35.5 Å². The predicted octanol–water partition coefficient (Wildman–Crippen LogP) is 4.72. The molecule has 0 amide bonds. The minimum atomic E-state index is -0.545. The van der Waals surface area contributed by atoms with Gasteiger partial charge in [-0.05, 0) is 42.8 Å². The molecule has 26 heavy (non-hydrogen) atoms. The molecule has 0 aliphatic heterocycles. The lowest BCUT2D eigenvalue weighted by Crippen LogP contribution is -2.04. The number of aryl methyl sites for hydroxylation is 1. The number of aromatic nitrogens is 2. The lowest BCUT2D eigenvalue weighted by molar-refractivity contribution is 0.101. The van der Waals surface area contributed by atoms with Gasteiger partial charge >= 0.3 is 0 Å². The minimum Gasteiger partial charge on any atom is -0.484 e. The number of carbonyl (C=O) groups excluding carboxylic acids is 1. The topological polar surface area (TPSA) is 65.2 Å². The molecule has 0 aliphatic rings. The zero-order valence-electron chi connectivity index (χ0n) is 13.7. The van der Waals surface area contributed by atoms with E-state index in [-0.39, 0.29) is 34.8 Å². The molecular weight excluding hydrogens is 379 g/mol. The van der Waals surface area contributed by atoms with Crippen molar-refractivity contribution in [3.05, 3.63) is 70.3 Å². The number of hydrogen-bond acceptors (Lipinski definition) is 6. The molecule has 1 heterocycles. The highest BCUT2D eigenvalue weighted by molar-refractivity contribution is 7.99. The molecule has 5 nitrogen and oxygen atoms in total. The summed E-state index contributed by atoms with van der Waals surface area (Å²) in [6.45, 7) is 1.97. The molecule has 3 rings (SSSR count). The summed E-state index contributed by atoms with van der Waals surface area (Å²) < 4.78 is 24.6. The van der Waals surface area contributed by atoms with Crippen LogP contribution in [-0.4, -0.2) is 21.7 Å². The van der Waals surface area contributed by atoms with Crippen LogP contribution in [0.4, 0.5) is 4.39 Å². The van der Waals surface area contributed by atoms with Gasteiger partial charge in [-0.3, -0.25) is 4.79 Å². The fourth-order valence-corrected chi connectivity index (χ4v) is 2.88. The number of ketones is 1. The quantitative estimate of drug-likeness (QED) is 0.428. The van der Waals surface area contributed by atoms with E-state index in [1.165, 1.54) is 18.2 Å². The zero-order chi connectivity index (χ0) is 18.5. The van der Waals surface area contributed by atoms with E-state index in [9.17, 15) is 9.18 Å². The highest BCUT2D eigenvalue weighted by Crippen LogP contribution is 2.23.